The summed E-state index contributed by atoms with van der Waals surface area (Å²) in [6.45, 7) is 0. The van der Waals surface area contributed by atoms with Crippen molar-refractivity contribution in [1.82, 2.24) is 0 Å². The average Bonchev–Trinajstić information content (AvgIpc) is 2.75. The van der Waals surface area contributed by atoms with Crippen LogP contribution < -0.4 is 22.9 Å². The van der Waals surface area contributed by atoms with E-state index in [2.05, 4.69) is 54.6 Å². The van der Waals surface area contributed by atoms with Gasteiger partial charge in [0.2, 0.25) is 0 Å². The third-order valence-corrected chi connectivity index (χ3v) is 7.50. The summed E-state index contributed by atoms with van der Waals surface area (Å²) in [6.07, 6.45) is 8.94. The number of fused-ring (bicyclic) bond motifs is 2. The molecule has 0 radical (unpaired) electrons. The van der Waals surface area contributed by atoms with Crippen LogP contribution in [-0.2, 0) is 0 Å². The molecule has 1 saturated carbocycles. The summed E-state index contributed by atoms with van der Waals surface area (Å²) in [5, 5.41) is 1.98. The van der Waals surface area contributed by atoms with Crippen molar-refractivity contribution in [1.29, 1.82) is 0 Å². The predicted molar refractivity (Wildman–Crippen MR) is 125 cm³/mol. The van der Waals surface area contributed by atoms with Crippen LogP contribution in [0.15, 0.2) is 72.8 Å². The normalized spacial score (nSPS) is 31.0. The van der Waals surface area contributed by atoms with Gasteiger partial charge in [0.15, 0.2) is 0 Å². The van der Waals surface area contributed by atoms with Gasteiger partial charge in [0.1, 0.15) is 0 Å². The third kappa shape index (κ3) is 2.29. The Morgan fingerprint density at radius 3 is 2.07 bits per heavy atom. The molecule has 0 aromatic heterocycles. The quantitative estimate of drug-likeness (QED) is 0.470. The second kappa shape index (κ2) is 6.21. The first-order chi connectivity index (χ1) is 14.5. The standard InChI is InChI=1S/C26H26N4/c27-20-7-3-4-14-10-15(12-21(28)22(14)20)13-8-9-18-19(11-13)24-17-6-2-1-5-16(17)23(18)25(29)26(24)30/h1-12,16-17,23-26H,27-30H2. The van der Waals surface area contributed by atoms with E-state index < -0.39 is 0 Å². The average molecular weight is 395 g/mol. The van der Waals surface area contributed by atoms with Crippen molar-refractivity contribution >= 4 is 22.1 Å². The summed E-state index contributed by atoms with van der Waals surface area (Å²) in [7, 11) is 0. The predicted octanol–water partition coefficient (Wildman–Crippen LogP) is 3.88. The Hall–Kier alpha value is -3.08. The van der Waals surface area contributed by atoms with E-state index in [4.69, 9.17) is 22.9 Å². The van der Waals surface area contributed by atoms with Gasteiger partial charge in [-0.25, -0.2) is 0 Å². The molecule has 1 fully saturated rings. The number of hydrogen-bond donors (Lipinski definition) is 4. The maximum atomic E-state index is 6.67. The van der Waals surface area contributed by atoms with Gasteiger partial charge in [-0.15, -0.1) is 0 Å². The van der Waals surface area contributed by atoms with Crippen molar-refractivity contribution in [2.75, 3.05) is 11.5 Å². The van der Waals surface area contributed by atoms with Crippen LogP contribution >= 0.6 is 0 Å². The van der Waals surface area contributed by atoms with E-state index in [-0.39, 0.29) is 23.9 Å². The minimum absolute atomic E-state index is 0.00922. The highest BCUT2D eigenvalue weighted by molar-refractivity contribution is 6.04. The summed E-state index contributed by atoms with van der Waals surface area (Å²) in [5.41, 5.74) is 32.2. The molecule has 0 heterocycles. The lowest BCUT2D eigenvalue weighted by Crippen LogP contribution is -2.61. The van der Waals surface area contributed by atoms with Crippen molar-refractivity contribution in [3.63, 3.8) is 0 Å². The molecule has 3 aromatic rings. The van der Waals surface area contributed by atoms with Crippen molar-refractivity contribution in [3.05, 3.63) is 84.0 Å². The number of hydrogen-bond acceptors (Lipinski definition) is 4. The number of benzene rings is 3. The smallest absolute Gasteiger partial charge is 0.0420 e. The fourth-order valence-corrected chi connectivity index (χ4v) is 6.19. The van der Waals surface area contributed by atoms with E-state index in [0.717, 1.165) is 21.9 Å². The van der Waals surface area contributed by atoms with Crippen LogP contribution in [0.3, 0.4) is 0 Å². The SMILES string of the molecule is Nc1cccc2cc(-c3ccc4c(c3)C3C(N)C(N)C4C4C=CC=CC43)cc(N)c12. The minimum atomic E-state index is -0.0309. The van der Waals surface area contributed by atoms with Crippen molar-refractivity contribution in [2.45, 2.75) is 23.9 Å². The van der Waals surface area contributed by atoms with Crippen LogP contribution in [0, 0.1) is 11.8 Å². The molecule has 2 bridgehead atoms. The highest BCUT2D eigenvalue weighted by atomic mass is 14.9. The molecule has 4 heteroatoms. The first-order valence-corrected chi connectivity index (χ1v) is 10.6. The Morgan fingerprint density at radius 1 is 0.633 bits per heavy atom. The van der Waals surface area contributed by atoms with Gasteiger partial charge in [-0.05, 0) is 57.7 Å². The zero-order valence-corrected chi connectivity index (χ0v) is 16.7. The number of rotatable bonds is 1. The van der Waals surface area contributed by atoms with E-state index in [1.807, 2.05) is 18.2 Å². The molecule has 0 aliphatic heterocycles. The Bertz CT molecular complexity index is 1240. The first kappa shape index (κ1) is 17.8. The van der Waals surface area contributed by atoms with Crippen LogP contribution in [0.4, 0.5) is 11.4 Å². The van der Waals surface area contributed by atoms with Crippen LogP contribution in [0.2, 0.25) is 0 Å². The lowest BCUT2D eigenvalue weighted by atomic mass is 9.52. The maximum Gasteiger partial charge on any atom is 0.0420 e. The molecule has 0 amide bonds. The van der Waals surface area contributed by atoms with Gasteiger partial charge >= 0.3 is 0 Å². The summed E-state index contributed by atoms with van der Waals surface area (Å²) in [6, 6.07) is 16.8. The molecule has 6 unspecified atom stereocenters. The van der Waals surface area contributed by atoms with E-state index in [0.29, 0.717) is 23.2 Å². The molecular weight excluding hydrogens is 368 g/mol. The van der Waals surface area contributed by atoms with Gasteiger partial charge < -0.3 is 22.9 Å². The zero-order valence-electron chi connectivity index (χ0n) is 16.7. The number of allylic oxidation sites excluding steroid dienone is 4. The number of nitrogen functional groups attached to an aromatic ring is 2. The molecule has 0 saturated heterocycles. The number of anilines is 2. The number of nitrogens with two attached hydrogens (primary N) is 4. The minimum Gasteiger partial charge on any atom is -0.398 e. The molecule has 0 spiro atoms. The van der Waals surface area contributed by atoms with Gasteiger partial charge in [0.25, 0.3) is 0 Å². The zero-order chi connectivity index (χ0) is 20.6. The topological polar surface area (TPSA) is 104 Å². The fourth-order valence-electron chi connectivity index (χ4n) is 6.19. The summed E-state index contributed by atoms with van der Waals surface area (Å²) < 4.78 is 0. The molecule has 3 aromatic carbocycles. The van der Waals surface area contributed by atoms with Crippen LogP contribution in [0.5, 0.6) is 0 Å². The highest BCUT2D eigenvalue weighted by Gasteiger charge is 2.53. The Labute approximate surface area is 176 Å². The second-order valence-electron chi connectivity index (χ2n) is 8.99. The van der Waals surface area contributed by atoms with Crippen LogP contribution in [0.1, 0.15) is 23.0 Å². The van der Waals surface area contributed by atoms with E-state index >= 15 is 0 Å². The molecule has 6 atom stereocenters. The third-order valence-electron chi connectivity index (χ3n) is 7.50. The van der Waals surface area contributed by atoms with Crippen molar-refractivity contribution in [2.24, 2.45) is 23.3 Å². The van der Waals surface area contributed by atoms with Crippen molar-refractivity contribution < 1.29 is 0 Å². The Morgan fingerprint density at radius 2 is 1.33 bits per heavy atom. The van der Waals surface area contributed by atoms with Gasteiger partial charge in [-0.1, -0.05) is 54.6 Å². The molecule has 4 aliphatic carbocycles. The van der Waals surface area contributed by atoms with Crippen molar-refractivity contribution in [3.8, 4) is 11.1 Å². The van der Waals surface area contributed by atoms with Gasteiger partial charge in [-0.3, -0.25) is 0 Å². The van der Waals surface area contributed by atoms with Crippen LogP contribution in [0.25, 0.3) is 21.9 Å². The molecule has 4 aliphatic rings. The van der Waals surface area contributed by atoms with Crippen LogP contribution in [-0.4, -0.2) is 12.1 Å². The molecule has 7 rings (SSSR count). The maximum absolute atomic E-state index is 6.67. The van der Waals surface area contributed by atoms with Gasteiger partial charge in [0.05, 0.1) is 0 Å². The molecule has 4 nitrogen and oxygen atoms in total. The van der Waals surface area contributed by atoms with Gasteiger partial charge in [-0.2, -0.15) is 0 Å². The Kier molecular flexibility index (Phi) is 3.67. The lowest BCUT2D eigenvalue weighted by molar-refractivity contribution is 0.169. The summed E-state index contributed by atoms with van der Waals surface area (Å²) in [4.78, 5) is 0. The second-order valence-corrected chi connectivity index (χ2v) is 8.99. The largest absolute Gasteiger partial charge is 0.398 e. The Balaban J connectivity index is 1.52. The lowest BCUT2D eigenvalue weighted by Gasteiger charge is -2.55. The molecule has 150 valence electrons. The van der Waals surface area contributed by atoms with E-state index in [1.165, 1.54) is 11.1 Å². The fraction of sp³-hybridized carbons (Fsp3) is 0.231. The summed E-state index contributed by atoms with van der Waals surface area (Å²) >= 11 is 0. The molecule has 8 N–H and O–H groups in total. The van der Waals surface area contributed by atoms with Gasteiger partial charge in [0, 0.05) is 40.7 Å². The van der Waals surface area contributed by atoms with E-state index in [1.54, 1.807) is 0 Å². The monoisotopic (exact) mass is 394 g/mol. The molecule has 30 heavy (non-hydrogen) atoms. The highest BCUT2D eigenvalue weighted by Crippen LogP contribution is 2.56. The first-order valence-electron chi connectivity index (χ1n) is 10.6. The van der Waals surface area contributed by atoms with E-state index in [9.17, 15) is 0 Å². The summed E-state index contributed by atoms with van der Waals surface area (Å²) in [5.74, 6) is 1.35. The molecular formula is C26H26N4.